The minimum Gasteiger partial charge on any atom is -0.371 e. The number of nitrogens with zero attached hydrogens (tertiary/aromatic N) is 4. The second kappa shape index (κ2) is 8.29. The van der Waals surface area contributed by atoms with Crippen LogP contribution in [0.4, 0.5) is 11.6 Å². The van der Waals surface area contributed by atoms with Crippen molar-refractivity contribution in [2.24, 2.45) is 7.05 Å². The Hall–Kier alpha value is -3.55. The van der Waals surface area contributed by atoms with Gasteiger partial charge in [0.15, 0.2) is 0 Å². The molecule has 7 nitrogen and oxygen atoms in total. The maximum Gasteiger partial charge on any atom is 0.227 e. The molecule has 7 heteroatoms. The summed E-state index contributed by atoms with van der Waals surface area (Å²) >= 11 is 0. The first-order chi connectivity index (χ1) is 15.2. The third-order valence-corrected chi connectivity index (χ3v) is 5.50. The Kier molecular flexibility index (Phi) is 5.19. The molecule has 0 aliphatic carbocycles. The van der Waals surface area contributed by atoms with E-state index in [1.54, 1.807) is 12.3 Å². The summed E-state index contributed by atoms with van der Waals surface area (Å²) in [5.41, 5.74) is 6.75. The number of hydrogen-bond donors (Lipinski definition) is 2. The van der Waals surface area contributed by atoms with Gasteiger partial charge >= 0.3 is 0 Å². The second-order valence-corrected chi connectivity index (χ2v) is 7.57. The molecule has 1 atom stereocenters. The highest BCUT2D eigenvalue weighted by Crippen LogP contribution is 2.28. The molecule has 1 aliphatic heterocycles. The number of anilines is 2. The number of fused-ring (bicyclic) bond motifs is 1. The van der Waals surface area contributed by atoms with E-state index in [2.05, 4.69) is 51.4 Å². The Bertz CT molecular complexity index is 1220. The molecule has 0 saturated carbocycles. The number of ether oxygens (including phenoxy) is 1. The van der Waals surface area contributed by atoms with Crippen LogP contribution in [-0.4, -0.2) is 39.2 Å². The summed E-state index contributed by atoms with van der Waals surface area (Å²) in [6.45, 7) is 6.39. The Labute approximate surface area is 180 Å². The molecule has 0 radical (unpaired) electrons. The summed E-state index contributed by atoms with van der Waals surface area (Å²) in [6.07, 6.45) is 5.47. The van der Waals surface area contributed by atoms with Crippen LogP contribution in [0.5, 0.6) is 0 Å². The summed E-state index contributed by atoms with van der Waals surface area (Å²) in [7, 11) is 1.99. The summed E-state index contributed by atoms with van der Waals surface area (Å²) in [4.78, 5) is 13.7. The number of morpholine rings is 1. The fraction of sp³-hybridized carbons (Fsp3) is 0.208. The first kappa shape index (κ1) is 19.4. The van der Waals surface area contributed by atoms with Crippen molar-refractivity contribution < 1.29 is 4.74 Å². The summed E-state index contributed by atoms with van der Waals surface area (Å²) in [5.74, 6) is 0.532. The third-order valence-electron chi connectivity index (χ3n) is 5.50. The predicted molar refractivity (Wildman–Crippen MR) is 123 cm³/mol. The molecule has 0 amide bonds. The van der Waals surface area contributed by atoms with Crippen LogP contribution >= 0.6 is 0 Å². The molecule has 3 heterocycles. The number of hydrogen-bond acceptors (Lipinski definition) is 6. The largest absolute Gasteiger partial charge is 0.371 e. The van der Waals surface area contributed by atoms with Crippen molar-refractivity contribution in [3.05, 3.63) is 72.7 Å². The molecule has 156 valence electrons. The molecule has 0 spiro atoms. The molecule has 1 fully saturated rings. The average molecular weight is 412 g/mol. The van der Waals surface area contributed by atoms with Gasteiger partial charge in [-0.05, 0) is 29.8 Å². The van der Waals surface area contributed by atoms with E-state index in [1.165, 1.54) is 0 Å². The zero-order valence-electron chi connectivity index (χ0n) is 17.4. The van der Waals surface area contributed by atoms with Crippen LogP contribution in [0.2, 0.25) is 0 Å². The van der Waals surface area contributed by atoms with Gasteiger partial charge in [-0.25, -0.2) is 15.0 Å². The number of nitrogens with one attached hydrogen (secondary N) is 2. The smallest absolute Gasteiger partial charge is 0.227 e. The summed E-state index contributed by atoms with van der Waals surface area (Å²) in [6, 6.07) is 14.4. The highest BCUT2D eigenvalue weighted by molar-refractivity contribution is 5.83. The van der Waals surface area contributed by atoms with Gasteiger partial charge in [0, 0.05) is 43.1 Å². The van der Waals surface area contributed by atoms with Gasteiger partial charge in [0.05, 0.1) is 35.8 Å². The van der Waals surface area contributed by atoms with Gasteiger partial charge in [-0.1, -0.05) is 30.9 Å². The molecule has 0 bridgehead atoms. The Morgan fingerprint density at radius 2 is 2.06 bits per heavy atom. The fourth-order valence-corrected chi connectivity index (χ4v) is 3.81. The van der Waals surface area contributed by atoms with E-state index in [1.807, 2.05) is 36.1 Å². The van der Waals surface area contributed by atoms with Crippen LogP contribution < -0.4 is 10.6 Å². The molecular formula is C24H24N6O. The van der Waals surface area contributed by atoms with E-state index in [-0.39, 0.29) is 6.10 Å². The quantitative estimate of drug-likeness (QED) is 0.514. The van der Waals surface area contributed by atoms with Crippen molar-refractivity contribution in [2.75, 3.05) is 25.0 Å². The van der Waals surface area contributed by atoms with Crippen LogP contribution in [-0.2, 0) is 11.8 Å². The SMILES string of the molecule is C=Cc1cnc(Nc2ccc(C3CNCCO3)cc2)nc1-c1ccc2c(c1)ncn2C. The Morgan fingerprint density at radius 3 is 2.84 bits per heavy atom. The van der Waals surface area contributed by atoms with Gasteiger partial charge in [0.25, 0.3) is 0 Å². The van der Waals surface area contributed by atoms with Crippen molar-refractivity contribution in [3.8, 4) is 11.3 Å². The molecule has 1 aliphatic rings. The normalized spacial score (nSPS) is 16.4. The molecule has 4 aromatic rings. The van der Waals surface area contributed by atoms with E-state index < -0.39 is 0 Å². The zero-order chi connectivity index (χ0) is 21.2. The van der Waals surface area contributed by atoms with E-state index in [4.69, 9.17) is 9.72 Å². The highest BCUT2D eigenvalue weighted by Gasteiger charge is 2.15. The van der Waals surface area contributed by atoms with Crippen molar-refractivity contribution in [1.29, 1.82) is 0 Å². The lowest BCUT2D eigenvalue weighted by atomic mass is 10.1. The van der Waals surface area contributed by atoms with Gasteiger partial charge in [0.2, 0.25) is 5.95 Å². The average Bonchev–Trinajstić information content (AvgIpc) is 3.20. The number of aromatic nitrogens is 4. The molecule has 1 saturated heterocycles. The van der Waals surface area contributed by atoms with Crippen LogP contribution in [0.1, 0.15) is 17.2 Å². The third kappa shape index (κ3) is 3.93. The molecule has 5 rings (SSSR count). The maximum atomic E-state index is 5.82. The van der Waals surface area contributed by atoms with E-state index in [0.29, 0.717) is 5.95 Å². The van der Waals surface area contributed by atoms with Crippen molar-refractivity contribution in [2.45, 2.75) is 6.10 Å². The standard InChI is InChI=1S/C24H24N6O/c1-3-16-13-26-24(28-19-7-4-17(5-8-19)22-14-25-10-11-31-22)29-23(16)18-6-9-21-20(12-18)27-15-30(21)2/h3-9,12-13,15,22,25H,1,10-11,14H2,2H3,(H,26,28,29). The summed E-state index contributed by atoms with van der Waals surface area (Å²) < 4.78 is 7.82. The molecule has 2 aromatic heterocycles. The Morgan fingerprint density at radius 1 is 1.19 bits per heavy atom. The van der Waals surface area contributed by atoms with Crippen LogP contribution in [0.15, 0.2) is 61.6 Å². The predicted octanol–water partition coefficient (Wildman–Crippen LogP) is 4.08. The summed E-state index contributed by atoms with van der Waals surface area (Å²) in [5, 5.41) is 6.66. The van der Waals surface area contributed by atoms with Gasteiger partial charge in [-0.15, -0.1) is 0 Å². The first-order valence-electron chi connectivity index (χ1n) is 10.3. The van der Waals surface area contributed by atoms with Crippen LogP contribution in [0.25, 0.3) is 28.4 Å². The molecule has 2 aromatic carbocycles. The first-order valence-corrected chi connectivity index (χ1v) is 10.3. The maximum absolute atomic E-state index is 5.82. The Balaban J connectivity index is 1.41. The van der Waals surface area contributed by atoms with Crippen molar-refractivity contribution in [3.63, 3.8) is 0 Å². The van der Waals surface area contributed by atoms with Gasteiger partial charge in [-0.2, -0.15) is 0 Å². The minimum atomic E-state index is 0.0963. The number of aryl methyl sites for hydroxylation is 1. The van der Waals surface area contributed by atoms with E-state index in [9.17, 15) is 0 Å². The molecule has 31 heavy (non-hydrogen) atoms. The molecule has 2 N–H and O–H groups in total. The molecule has 1 unspecified atom stereocenters. The number of benzene rings is 2. The minimum absolute atomic E-state index is 0.0963. The number of imidazole rings is 1. The monoisotopic (exact) mass is 412 g/mol. The highest BCUT2D eigenvalue weighted by atomic mass is 16.5. The topological polar surface area (TPSA) is 76.9 Å². The fourth-order valence-electron chi connectivity index (χ4n) is 3.81. The van der Waals surface area contributed by atoms with Crippen molar-refractivity contribution >= 4 is 28.7 Å². The van der Waals surface area contributed by atoms with Crippen molar-refractivity contribution in [1.82, 2.24) is 24.8 Å². The van der Waals surface area contributed by atoms with Gasteiger partial charge < -0.3 is 19.9 Å². The van der Waals surface area contributed by atoms with Gasteiger partial charge in [0.1, 0.15) is 0 Å². The van der Waals surface area contributed by atoms with Gasteiger partial charge in [-0.3, -0.25) is 0 Å². The lowest BCUT2D eigenvalue weighted by Gasteiger charge is -2.24. The zero-order valence-corrected chi connectivity index (χ0v) is 17.4. The van der Waals surface area contributed by atoms with E-state index in [0.717, 1.165) is 58.8 Å². The molecular weight excluding hydrogens is 388 g/mol. The lowest BCUT2D eigenvalue weighted by molar-refractivity contribution is 0.0277. The van der Waals surface area contributed by atoms with E-state index >= 15 is 0 Å². The van der Waals surface area contributed by atoms with Crippen LogP contribution in [0.3, 0.4) is 0 Å². The lowest BCUT2D eigenvalue weighted by Crippen LogP contribution is -2.33. The second-order valence-electron chi connectivity index (χ2n) is 7.57. The van der Waals surface area contributed by atoms with Crippen LogP contribution in [0, 0.1) is 0 Å². The number of rotatable bonds is 5.